The number of carbonyl (C=O) groups excluding carboxylic acids is 2. The van der Waals surface area contributed by atoms with Gasteiger partial charge in [0, 0.05) is 24.3 Å². The Morgan fingerprint density at radius 2 is 1.87 bits per heavy atom. The van der Waals surface area contributed by atoms with E-state index in [0.29, 0.717) is 30.5 Å². The van der Waals surface area contributed by atoms with Crippen LogP contribution in [-0.2, 0) is 11.8 Å². The average Bonchev–Trinajstić information content (AvgIpc) is 2.76. The Hall–Kier alpha value is -1.62. The molecular weight excluding hydrogens is 292 g/mol. The van der Waals surface area contributed by atoms with Crippen molar-refractivity contribution in [1.29, 1.82) is 0 Å². The number of esters is 1. The van der Waals surface area contributed by atoms with Gasteiger partial charge >= 0.3 is 5.97 Å². The van der Waals surface area contributed by atoms with Gasteiger partial charge in [0.15, 0.2) is 5.78 Å². The number of ketones is 1. The summed E-state index contributed by atoms with van der Waals surface area (Å²) >= 11 is 0. The molecule has 0 unspecified atom stereocenters. The quantitative estimate of drug-likeness (QED) is 0.647. The molecule has 1 heterocycles. The zero-order valence-corrected chi connectivity index (χ0v) is 14.7. The van der Waals surface area contributed by atoms with Gasteiger partial charge in [-0.05, 0) is 39.2 Å². The molecule has 0 radical (unpaired) electrons. The van der Waals surface area contributed by atoms with Crippen LogP contribution in [0.1, 0.15) is 71.1 Å². The minimum Gasteiger partial charge on any atom is -0.461 e. The van der Waals surface area contributed by atoms with Gasteiger partial charge in [0.25, 0.3) is 0 Å². The maximum absolute atomic E-state index is 12.6. The van der Waals surface area contributed by atoms with E-state index in [1.165, 1.54) is 19.3 Å². The summed E-state index contributed by atoms with van der Waals surface area (Å²) in [4.78, 5) is 24.8. The summed E-state index contributed by atoms with van der Waals surface area (Å²) in [7, 11) is 1.81. The molecule has 0 aromatic carbocycles. The molecule has 23 heavy (non-hydrogen) atoms. The fourth-order valence-corrected chi connectivity index (χ4v) is 3.51. The lowest BCUT2D eigenvalue weighted by Gasteiger charge is -2.22. The van der Waals surface area contributed by atoms with Crippen LogP contribution >= 0.6 is 0 Å². The van der Waals surface area contributed by atoms with E-state index in [9.17, 15) is 9.59 Å². The molecule has 0 amide bonds. The van der Waals surface area contributed by atoms with Crippen LogP contribution in [0.15, 0.2) is 0 Å². The molecule has 5 nitrogen and oxygen atoms in total. The number of aromatic nitrogens is 1. The zero-order valence-electron chi connectivity index (χ0n) is 14.7. The second-order valence-corrected chi connectivity index (χ2v) is 6.35. The van der Waals surface area contributed by atoms with Crippen molar-refractivity contribution in [3.63, 3.8) is 0 Å². The largest absolute Gasteiger partial charge is 0.461 e. The molecule has 0 bridgehead atoms. The SMILES string of the molecule is CCOC(=O)c1c(C)c(C(=O)CNC2CCCCC2)c(C)n1C. The molecule has 128 valence electrons. The molecule has 1 aliphatic carbocycles. The molecule has 1 aromatic rings. The molecule has 1 aromatic heterocycles. The van der Waals surface area contributed by atoms with Crippen molar-refractivity contribution in [1.82, 2.24) is 9.88 Å². The number of nitrogens with zero attached hydrogens (tertiary/aromatic N) is 1. The van der Waals surface area contributed by atoms with Gasteiger partial charge in [-0.3, -0.25) is 4.79 Å². The highest BCUT2D eigenvalue weighted by atomic mass is 16.5. The van der Waals surface area contributed by atoms with Gasteiger partial charge in [0.1, 0.15) is 5.69 Å². The predicted octanol–water partition coefficient (Wildman–Crippen LogP) is 2.92. The lowest BCUT2D eigenvalue weighted by Crippen LogP contribution is -2.35. The molecular formula is C18H28N2O3. The van der Waals surface area contributed by atoms with Crippen LogP contribution in [0.2, 0.25) is 0 Å². The Bertz CT molecular complexity index is 584. The van der Waals surface area contributed by atoms with Crippen LogP contribution < -0.4 is 5.32 Å². The summed E-state index contributed by atoms with van der Waals surface area (Å²) in [5.41, 5.74) is 2.67. The fraction of sp³-hybridized carbons (Fsp3) is 0.667. The Labute approximate surface area is 138 Å². The van der Waals surface area contributed by atoms with Gasteiger partial charge in [0.2, 0.25) is 0 Å². The molecule has 2 rings (SSSR count). The standard InChI is InChI=1S/C18H28N2O3/c1-5-23-18(22)17-12(2)16(13(3)20(17)4)15(21)11-19-14-9-7-6-8-10-14/h14,19H,5-11H2,1-4H3. The number of ether oxygens (including phenoxy) is 1. The van der Waals surface area contributed by atoms with E-state index in [1.807, 2.05) is 13.8 Å². The summed E-state index contributed by atoms with van der Waals surface area (Å²) in [6.07, 6.45) is 6.07. The molecule has 1 fully saturated rings. The number of nitrogens with one attached hydrogen (secondary N) is 1. The predicted molar refractivity (Wildman–Crippen MR) is 90.0 cm³/mol. The van der Waals surface area contributed by atoms with Crippen LogP contribution in [0.3, 0.4) is 0 Å². The number of carbonyl (C=O) groups is 2. The van der Waals surface area contributed by atoms with Gasteiger partial charge in [-0.15, -0.1) is 0 Å². The second kappa shape index (κ2) is 7.77. The Morgan fingerprint density at radius 1 is 1.22 bits per heavy atom. The topological polar surface area (TPSA) is 60.3 Å². The molecule has 0 atom stereocenters. The molecule has 1 aliphatic rings. The van der Waals surface area contributed by atoms with E-state index in [4.69, 9.17) is 4.74 Å². The van der Waals surface area contributed by atoms with Crippen molar-refractivity contribution >= 4 is 11.8 Å². The maximum atomic E-state index is 12.6. The van der Waals surface area contributed by atoms with E-state index in [2.05, 4.69) is 5.32 Å². The van der Waals surface area contributed by atoms with E-state index >= 15 is 0 Å². The first-order valence-corrected chi connectivity index (χ1v) is 8.56. The van der Waals surface area contributed by atoms with E-state index in [0.717, 1.165) is 24.1 Å². The monoisotopic (exact) mass is 320 g/mol. The van der Waals surface area contributed by atoms with Crippen molar-refractivity contribution < 1.29 is 14.3 Å². The summed E-state index contributed by atoms with van der Waals surface area (Å²) in [6, 6.07) is 0.446. The Morgan fingerprint density at radius 3 is 2.48 bits per heavy atom. The van der Waals surface area contributed by atoms with E-state index < -0.39 is 0 Å². The third-order valence-electron chi connectivity index (χ3n) is 4.83. The maximum Gasteiger partial charge on any atom is 0.355 e. The minimum atomic E-state index is -0.366. The first-order chi connectivity index (χ1) is 11.0. The summed E-state index contributed by atoms with van der Waals surface area (Å²) in [5.74, 6) is -0.313. The molecule has 0 saturated heterocycles. The van der Waals surface area contributed by atoms with Crippen LogP contribution in [0.4, 0.5) is 0 Å². The highest BCUT2D eigenvalue weighted by Gasteiger charge is 2.25. The van der Waals surface area contributed by atoms with Crippen molar-refractivity contribution in [3.8, 4) is 0 Å². The fourth-order valence-electron chi connectivity index (χ4n) is 3.51. The highest BCUT2D eigenvalue weighted by molar-refractivity contribution is 6.03. The van der Waals surface area contributed by atoms with E-state index in [-0.39, 0.29) is 11.8 Å². The van der Waals surface area contributed by atoms with Crippen molar-refractivity contribution in [2.24, 2.45) is 7.05 Å². The number of rotatable bonds is 6. The Kier molecular flexibility index (Phi) is 5.99. The molecule has 0 aliphatic heterocycles. The number of Topliss-reactive ketones (excluding diaryl/α,β-unsaturated/α-hetero) is 1. The minimum absolute atomic E-state index is 0.0525. The summed E-state index contributed by atoms with van der Waals surface area (Å²) < 4.78 is 6.87. The van der Waals surface area contributed by atoms with Gasteiger partial charge in [-0.1, -0.05) is 19.3 Å². The highest BCUT2D eigenvalue weighted by Crippen LogP contribution is 2.23. The summed E-state index contributed by atoms with van der Waals surface area (Å²) in [5, 5.41) is 3.38. The first kappa shape index (κ1) is 17.7. The first-order valence-electron chi connectivity index (χ1n) is 8.56. The van der Waals surface area contributed by atoms with Crippen LogP contribution in [0.25, 0.3) is 0 Å². The summed E-state index contributed by atoms with van der Waals surface area (Å²) in [6.45, 7) is 6.15. The third-order valence-corrected chi connectivity index (χ3v) is 4.83. The number of hydrogen-bond donors (Lipinski definition) is 1. The normalized spacial score (nSPS) is 15.7. The molecule has 1 saturated carbocycles. The van der Waals surface area contributed by atoms with Gasteiger partial charge in [-0.2, -0.15) is 0 Å². The lowest BCUT2D eigenvalue weighted by atomic mass is 9.95. The van der Waals surface area contributed by atoms with E-state index in [1.54, 1.807) is 18.5 Å². The smallest absolute Gasteiger partial charge is 0.355 e. The second-order valence-electron chi connectivity index (χ2n) is 6.35. The Balaban J connectivity index is 2.13. The van der Waals surface area contributed by atoms with Crippen LogP contribution in [0.5, 0.6) is 0 Å². The molecule has 5 heteroatoms. The van der Waals surface area contributed by atoms with Crippen molar-refractivity contribution in [3.05, 3.63) is 22.5 Å². The van der Waals surface area contributed by atoms with Crippen molar-refractivity contribution in [2.75, 3.05) is 13.2 Å². The average molecular weight is 320 g/mol. The number of hydrogen-bond acceptors (Lipinski definition) is 4. The van der Waals surface area contributed by atoms with Crippen LogP contribution in [0, 0.1) is 13.8 Å². The zero-order chi connectivity index (χ0) is 17.0. The van der Waals surface area contributed by atoms with Gasteiger partial charge in [0.05, 0.1) is 13.2 Å². The van der Waals surface area contributed by atoms with Gasteiger partial charge < -0.3 is 14.6 Å². The van der Waals surface area contributed by atoms with Gasteiger partial charge in [-0.25, -0.2) is 4.79 Å². The molecule has 1 N–H and O–H groups in total. The lowest BCUT2D eigenvalue weighted by molar-refractivity contribution is 0.0514. The van der Waals surface area contributed by atoms with Crippen molar-refractivity contribution in [2.45, 2.75) is 58.9 Å². The third kappa shape index (κ3) is 3.83. The van der Waals surface area contributed by atoms with Crippen LogP contribution in [-0.4, -0.2) is 35.5 Å². The molecule has 0 spiro atoms.